The molecule has 0 spiro atoms. The number of nitrogens with zero attached hydrogens (tertiary/aromatic N) is 3. The second kappa shape index (κ2) is 4.91. The van der Waals surface area contributed by atoms with E-state index in [1.807, 2.05) is 0 Å². The molecule has 0 saturated carbocycles. The summed E-state index contributed by atoms with van der Waals surface area (Å²) in [5, 5.41) is 9.77. The van der Waals surface area contributed by atoms with Crippen LogP contribution in [0, 0.1) is 0 Å². The number of fused-ring (bicyclic) bond motifs is 1. The first-order valence-electron chi connectivity index (χ1n) is 6.58. The number of carboxylic acid groups (broad SMARTS) is 1. The molecular weight excluding hydrogens is 280 g/mol. The van der Waals surface area contributed by atoms with Crippen LogP contribution in [0.1, 0.15) is 23.3 Å². The van der Waals surface area contributed by atoms with E-state index in [4.69, 9.17) is 5.11 Å². The summed E-state index contributed by atoms with van der Waals surface area (Å²) >= 11 is 0. The Hall–Kier alpha value is -2.31. The molecule has 1 aliphatic rings. The first-order valence-corrected chi connectivity index (χ1v) is 6.58. The maximum absolute atomic E-state index is 13.3. The quantitative estimate of drug-likeness (QED) is 0.921. The summed E-state index contributed by atoms with van der Waals surface area (Å²) in [4.78, 5) is 21.1. The number of carbonyl (C=O) groups is 1. The molecule has 7 heteroatoms. The zero-order valence-electron chi connectivity index (χ0n) is 11.1. The van der Waals surface area contributed by atoms with Crippen LogP contribution in [0.5, 0.6) is 0 Å². The number of carboxylic acids is 1. The minimum absolute atomic E-state index is 0.108. The van der Waals surface area contributed by atoms with E-state index in [0.29, 0.717) is 16.7 Å². The topological polar surface area (TPSA) is 66.3 Å². The van der Waals surface area contributed by atoms with Gasteiger partial charge in [-0.05, 0) is 12.1 Å². The number of halogens is 2. The molecule has 0 amide bonds. The van der Waals surface area contributed by atoms with E-state index in [-0.39, 0.29) is 31.6 Å². The fourth-order valence-corrected chi connectivity index (χ4v) is 2.44. The molecule has 3 heterocycles. The highest BCUT2D eigenvalue weighted by molar-refractivity contribution is 5.95. The van der Waals surface area contributed by atoms with E-state index in [9.17, 15) is 13.6 Å². The summed E-state index contributed by atoms with van der Waals surface area (Å²) in [5.74, 6) is -3.45. The highest BCUT2D eigenvalue weighted by Crippen LogP contribution is 2.32. The van der Waals surface area contributed by atoms with Gasteiger partial charge in [0.05, 0.1) is 0 Å². The van der Waals surface area contributed by atoms with Gasteiger partial charge < -0.3 is 10.0 Å². The van der Waals surface area contributed by atoms with Crippen molar-refractivity contribution in [2.24, 2.45) is 0 Å². The minimum Gasteiger partial charge on any atom is -0.477 e. The SMILES string of the molecule is O=C(O)c1cc2cccnc2c(N2CCC(F)(F)CC2)n1. The van der Waals surface area contributed by atoms with Gasteiger partial charge in [0.15, 0.2) is 11.5 Å². The zero-order valence-corrected chi connectivity index (χ0v) is 11.1. The second-order valence-electron chi connectivity index (χ2n) is 5.05. The fourth-order valence-electron chi connectivity index (χ4n) is 2.44. The number of aromatic carboxylic acids is 1. The zero-order chi connectivity index (χ0) is 15.0. The third kappa shape index (κ3) is 2.63. The van der Waals surface area contributed by atoms with Crippen LogP contribution in [-0.2, 0) is 0 Å². The van der Waals surface area contributed by atoms with Crippen molar-refractivity contribution in [2.45, 2.75) is 18.8 Å². The van der Waals surface area contributed by atoms with Crippen LogP contribution in [0.15, 0.2) is 24.4 Å². The number of hydrogen-bond donors (Lipinski definition) is 1. The predicted molar refractivity (Wildman–Crippen MR) is 72.9 cm³/mol. The number of aromatic nitrogens is 2. The van der Waals surface area contributed by atoms with Gasteiger partial charge >= 0.3 is 5.97 Å². The van der Waals surface area contributed by atoms with Gasteiger partial charge in [-0.15, -0.1) is 0 Å². The maximum atomic E-state index is 13.3. The molecule has 1 fully saturated rings. The van der Waals surface area contributed by atoms with Crippen molar-refractivity contribution in [3.63, 3.8) is 0 Å². The number of anilines is 1. The van der Waals surface area contributed by atoms with Gasteiger partial charge in [-0.2, -0.15) is 0 Å². The standard InChI is InChI=1S/C14H13F2N3O2/c15-14(16)3-6-19(7-4-14)12-11-9(2-1-5-17-11)8-10(18-12)13(20)21/h1-2,5,8H,3-4,6-7H2,(H,20,21). The highest BCUT2D eigenvalue weighted by Gasteiger charge is 2.35. The van der Waals surface area contributed by atoms with Crippen molar-refractivity contribution < 1.29 is 18.7 Å². The van der Waals surface area contributed by atoms with E-state index in [0.717, 1.165) is 0 Å². The summed E-state index contributed by atoms with van der Waals surface area (Å²) < 4.78 is 26.5. The number of rotatable bonds is 2. The molecule has 2 aromatic heterocycles. The van der Waals surface area contributed by atoms with Crippen molar-refractivity contribution in [2.75, 3.05) is 18.0 Å². The van der Waals surface area contributed by atoms with Crippen LogP contribution in [0.3, 0.4) is 0 Å². The molecule has 1 N–H and O–H groups in total. The lowest BCUT2D eigenvalue weighted by Gasteiger charge is -2.32. The molecule has 0 bridgehead atoms. The van der Waals surface area contributed by atoms with Crippen molar-refractivity contribution in [1.29, 1.82) is 0 Å². The van der Waals surface area contributed by atoms with Crippen molar-refractivity contribution >= 4 is 22.7 Å². The molecule has 0 aromatic carbocycles. The molecule has 0 atom stereocenters. The first kappa shape index (κ1) is 13.7. The first-order chi connectivity index (χ1) is 9.96. The van der Waals surface area contributed by atoms with Gasteiger partial charge in [0, 0.05) is 37.5 Å². The normalized spacial score (nSPS) is 17.9. The number of pyridine rings is 2. The smallest absolute Gasteiger partial charge is 0.354 e. The summed E-state index contributed by atoms with van der Waals surface area (Å²) in [6.45, 7) is 0.267. The molecule has 3 rings (SSSR count). The minimum atomic E-state index is -2.66. The van der Waals surface area contributed by atoms with Gasteiger partial charge in [0.25, 0.3) is 5.92 Å². The van der Waals surface area contributed by atoms with Crippen LogP contribution in [0.2, 0.25) is 0 Å². The predicted octanol–water partition coefficient (Wildman–Crippen LogP) is 2.56. The molecule has 0 unspecified atom stereocenters. The Morgan fingerprint density at radius 3 is 2.71 bits per heavy atom. The highest BCUT2D eigenvalue weighted by atomic mass is 19.3. The summed E-state index contributed by atoms with van der Waals surface area (Å²) in [5.41, 5.74) is 0.426. The lowest BCUT2D eigenvalue weighted by Crippen LogP contribution is -2.40. The lowest BCUT2D eigenvalue weighted by atomic mass is 10.1. The summed E-state index contributed by atoms with van der Waals surface area (Å²) in [7, 11) is 0. The number of piperidine rings is 1. The third-order valence-corrected chi connectivity index (χ3v) is 3.58. The molecule has 1 aliphatic heterocycles. The van der Waals surface area contributed by atoms with Crippen LogP contribution in [-0.4, -0.2) is 40.1 Å². The average molecular weight is 293 g/mol. The van der Waals surface area contributed by atoms with Gasteiger partial charge in [0.2, 0.25) is 0 Å². The molecule has 2 aromatic rings. The van der Waals surface area contributed by atoms with Crippen LogP contribution in [0.4, 0.5) is 14.6 Å². The maximum Gasteiger partial charge on any atom is 0.354 e. The van der Waals surface area contributed by atoms with E-state index < -0.39 is 11.9 Å². The largest absolute Gasteiger partial charge is 0.477 e. The molecule has 0 radical (unpaired) electrons. The number of hydrogen-bond acceptors (Lipinski definition) is 4. The van der Waals surface area contributed by atoms with Gasteiger partial charge in [-0.1, -0.05) is 6.07 Å². The van der Waals surface area contributed by atoms with Crippen molar-refractivity contribution in [1.82, 2.24) is 9.97 Å². The molecule has 110 valence electrons. The average Bonchev–Trinajstić information content (AvgIpc) is 2.46. The molecule has 1 saturated heterocycles. The Balaban J connectivity index is 2.06. The van der Waals surface area contributed by atoms with Gasteiger partial charge in [0.1, 0.15) is 5.52 Å². The Morgan fingerprint density at radius 2 is 2.05 bits per heavy atom. The monoisotopic (exact) mass is 293 g/mol. The Labute approximate surface area is 119 Å². The van der Waals surface area contributed by atoms with E-state index in [1.165, 1.54) is 6.07 Å². The van der Waals surface area contributed by atoms with E-state index in [1.54, 1.807) is 23.2 Å². The van der Waals surface area contributed by atoms with Crippen molar-refractivity contribution in [3.8, 4) is 0 Å². The van der Waals surface area contributed by atoms with Crippen LogP contribution < -0.4 is 4.90 Å². The summed E-state index contributed by atoms with van der Waals surface area (Å²) in [6, 6.07) is 4.87. The van der Waals surface area contributed by atoms with Gasteiger partial charge in [-0.3, -0.25) is 4.98 Å². The van der Waals surface area contributed by atoms with Crippen molar-refractivity contribution in [3.05, 3.63) is 30.1 Å². The van der Waals surface area contributed by atoms with Crippen LogP contribution >= 0.6 is 0 Å². The second-order valence-corrected chi connectivity index (χ2v) is 5.05. The van der Waals surface area contributed by atoms with Gasteiger partial charge in [-0.25, -0.2) is 18.6 Å². The third-order valence-electron chi connectivity index (χ3n) is 3.58. The number of alkyl halides is 2. The molecule has 21 heavy (non-hydrogen) atoms. The Kier molecular flexibility index (Phi) is 3.19. The fraction of sp³-hybridized carbons (Fsp3) is 0.357. The molecular formula is C14H13F2N3O2. The Morgan fingerprint density at radius 1 is 1.33 bits per heavy atom. The van der Waals surface area contributed by atoms with Crippen LogP contribution in [0.25, 0.3) is 10.9 Å². The molecule has 0 aliphatic carbocycles. The van der Waals surface area contributed by atoms with E-state index >= 15 is 0 Å². The lowest BCUT2D eigenvalue weighted by molar-refractivity contribution is -0.0221. The van der Waals surface area contributed by atoms with E-state index in [2.05, 4.69) is 9.97 Å². The summed E-state index contributed by atoms with van der Waals surface area (Å²) in [6.07, 6.45) is 1.05. The Bertz CT molecular complexity index is 696. The molecule has 5 nitrogen and oxygen atoms in total.